The standard InChI is InChI=1S/C16H17N3O2/c1-12-6-2-5-9-16(12)21-11-13(20)10-19-15-8-4-3-7-14(15)17-18-19/h2-9,13,20H,10-11H2,1H3/p+1. The van der Waals surface area contributed by atoms with Crippen LogP contribution in [0.15, 0.2) is 48.5 Å². The van der Waals surface area contributed by atoms with Gasteiger partial charge in [-0.15, -0.1) is 0 Å². The molecule has 1 aromatic heterocycles. The topological polar surface area (TPSA) is 62.0 Å². The second-order valence-electron chi connectivity index (χ2n) is 5.04. The number of para-hydroxylation sites is 3. The van der Waals surface area contributed by atoms with Crippen molar-refractivity contribution in [2.24, 2.45) is 0 Å². The highest BCUT2D eigenvalue weighted by Gasteiger charge is 2.16. The lowest BCUT2D eigenvalue weighted by Crippen LogP contribution is -2.44. The molecule has 0 aliphatic heterocycles. The first kappa shape index (κ1) is 13.6. The number of nitrogens with one attached hydrogen (secondary N) is 1. The van der Waals surface area contributed by atoms with Crippen molar-refractivity contribution in [3.8, 4) is 5.75 Å². The van der Waals surface area contributed by atoms with Gasteiger partial charge in [-0.25, -0.2) is 0 Å². The van der Waals surface area contributed by atoms with Gasteiger partial charge < -0.3 is 9.84 Å². The van der Waals surface area contributed by atoms with E-state index in [-0.39, 0.29) is 6.61 Å². The first-order valence-electron chi connectivity index (χ1n) is 6.93. The summed E-state index contributed by atoms with van der Waals surface area (Å²) in [5, 5.41) is 17.2. The molecule has 108 valence electrons. The van der Waals surface area contributed by atoms with Crippen LogP contribution in [0.2, 0.25) is 0 Å². The summed E-state index contributed by atoms with van der Waals surface area (Å²) in [5.74, 6) is 0.802. The summed E-state index contributed by atoms with van der Waals surface area (Å²) in [6.07, 6.45) is -0.613. The smallest absolute Gasteiger partial charge is 0.248 e. The lowest BCUT2D eigenvalue weighted by atomic mass is 10.2. The normalized spacial score (nSPS) is 12.5. The zero-order valence-electron chi connectivity index (χ0n) is 11.9. The van der Waals surface area contributed by atoms with Gasteiger partial charge in [0.05, 0.1) is 0 Å². The van der Waals surface area contributed by atoms with Crippen LogP contribution in [0.4, 0.5) is 0 Å². The van der Waals surface area contributed by atoms with E-state index in [9.17, 15) is 5.11 Å². The highest BCUT2D eigenvalue weighted by molar-refractivity contribution is 5.69. The second kappa shape index (κ2) is 5.93. The Kier molecular flexibility index (Phi) is 3.83. The Balaban J connectivity index is 1.64. The predicted octanol–water partition coefficient (Wildman–Crippen LogP) is 1.60. The molecular formula is C16H18N3O2+. The van der Waals surface area contributed by atoms with Crippen molar-refractivity contribution < 1.29 is 14.5 Å². The van der Waals surface area contributed by atoms with E-state index in [0.29, 0.717) is 6.54 Å². The van der Waals surface area contributed by atoms with Crippen LogP contribution in [0.25, 0.3) is 11.0 Å². The van der Waals surface area contributed by atoms with Gasteiger partial charge in [0.2, 0.25) is 11.0 Å². The summed E-state index contributed by atoms with van der Waals surface area (Å²) < 4.78 is 7.48. The van der Waals surface area contributed by atoms with Crippen molar-refractivity contribution in [1.29, 1.82) is 0 Å². The number of ether oxygens (including phenoxy) is 1. The molecular weight excluding hydrogens is 266 g/mol. The van der Waals surface area contributed by atoms with Crippen LogP contribution in [-0.4, -0.2) is 28.1 Å². The molecule has 0 radical (unpaired) electrons. The highest BCUT2D eigenvalue weighted by atomic mass is 16.5. The predicted molar refractivity (Wildman–Crippen MR) is 79.0 cm³/mol. The van der Waals surface area contributed by atoms with Crippen molar-refractivity contribution >= 4 is 11.0 Å². The summed E-state index contributed by atoms with van der Waals surface area (Å²) in [7, 11) is 0. The summed E-state index contributed by atoms with van der Waals surface area (Å²) in [5.41, 5.74) is 2.90. The quantitative estimate of drug-likeness (QED) is 0.700. The van der Waals surface area contributed by atoms with E-state index in [2.05, 4.69) is 10.3 Å². The Morgan fingerprint density at radius 1 is 1.19 bits per heavy atom. The van der Waals surface area contributed by atoms with E-state index >= 15 is 0 Å². The Bertz CT molecular complexity index is 739. The Morgan fingerprint density at radius 2 is 1.95 bits per heavy atom. The van der Waals surface area contributed by atoms with Gasteiger partial charge in [-0.3, -0.25) is 0 Å². The van der Waals surface area contributed by atoms with Gasteiger partial charge in [-0.1, -0.05) is 35.5 Å². The number of hydrogen-bond donors (Lipinski definition) is 2. The maximum absolute atomic E-state index is 10.1. The van der Waals surface area contributed by atoms with Crippen molar-refractivity contribution in [3.05, 3.63) is 54.1 Å². The minimum absolute atomic E-state index is 0.241. The largest absolute Gasteiger partial charge is 0.490 e. The molecule has 1 atom stereocenters. The third kappa shape index (κ3) is 3.03. The zero-order valence-corrected chi connectivity index (χ0v) is 11.9. The fraction of sp³-hybridized carbons (Fsp3) is 0.250. The number of aliphatic hydroxyl groups excluding tert-OH is 1. The molecule has 1 heterocycles. The summed E-state index contributed by atoms with van der Waals surface area (Å²) in [4.78, 5) is 0. The number of nitrogens with zero attached hydrogens (tertiary/aromatic N) is 2. The van der Waals surface area contributed by atoms with Gasteiger partial charge in [-0.2, -0.15) is 4.68 Å². The first-order chi connectivity index (χ1) is 10.2. The molecule has 5 heteroatoms. The molecule has 0 bridgehead atoms. The number of aliphatic hydroxyl groups is 1. The van der Waals surface area contributed by atoms with Crippen LogP contribution in [0.1, 0.15) is 5.56 Å². The minimum atomic E-state index is -0.613. The number of rotatable bonds is 5. The van der Waals surface area contributed by atoms with Crippen LogP contribution in [0, 0.1) is 6.92 Å². The number of aromatic nitrogens is 3. The molecule has 0 amide bonds. The number of aryl methyl sites for hydroxylation is 1. The number of hydrogen-bond acceptors (Lipinski definition) is 3. The van der Waals surface area contributed by atoms with Crippen LogP contribution in [-0.2, 0) is 6.54 Å². The molecule has 0 spiro atoms. The molecule has 0 fully saturated rings. The summed E-state index contributed by atoms with van der Waals surface area (Å²) in [6.45, 7) is 2.64. The maximum atomic E-state index is 10.1. The van der Waals surface area contributed by atoms with E-state index in [1.54, 1.807) is 0 Å². The van der Waals surface area contributed by atoms with Crippen molar-refractivity contribution in [1.82, 2.24) is 10.3 Å². The SMILES string of the molecule is Cc1ccccc1OCC(O)C[n+]1[nH]nc2ccccc21. The fourth-order valence-corrected chi connectivity index (χ4v) is 2.26. The van der Waals surface area contributed by atoms with Gasteiger partial charge in [0.1, 0.15) is 25.0 Å². The number of H-pyrrole nitrogens is 1. The van der Waals surface area contributed by atoms with Gasteiger partial charge in [-0.05, 0) is 30.7 Å². The van der Waals surface area contributed by atoms with Gasteiger partial charge in [0.25, 0.3) is 0 Å². The van der Waals surface area contributed by atoms with Crippen LogP contribution in [0.5, 0.6) is 5.75 Å². The Morgan fingerprint density at radius 3 is 2.81 bits per heavy atom. The molecule has 0 saturated heterocycles. The molecule has 2 aromatic carbocycles. The van der Waals surface area contributed by atoms with Crippen molar-refractivity contribution in [2.75, 3.05) is 6.61 Å². The van der Waals surface area contributed by atoms with Gasteiger partial charge in [0.15, 0.2) is 0 Å². The van der Waals surface area contributed by atoms with E-state index in [1.807, 2.05) is 60.1 Å². The summed E-state index contributed by atoms with van der Waals surface area (Å²) in [6, 6.07) is 15.6. The third-order valence-electron chi connectivity index (χ3n) is 3.38. The van der Waals surface area contributed by atoms with E-state index in [0.717, 1.165) is 22.3 Å². The average Bonchev–Trinajstić information content (AvgIpc) is 2.90. The average molecular weight is 284 g/mol. The molecule has 0 aliphatic rings. The van der Waals surface area contributed by atoms with Gasteiger partial charge in [0, 0.05) is 5.10 Å². The fourth-order valence-electron chi connectivity index (χ4n) is 2.26. The van der Waals surface area contributed by atoms with Crippen molar-refractivity contribution in [3.63, 3.8) is 0 Å². The van der Waals surface area contributed by atoms with Crippen LogP contribution >= 0.6 is 0 Å². The highest BCUT2D eigenvalue weighted by Crippen LogP contribution is 2.16. The monoisotopic (exact) mass is 284 g/mol. The molecule has 0 saturated carbocycles. The Labute approximate surface area is 122 Å². The lowest BCUT2D eigenvalue weighted by Gasteiger charge is -2.12. The minimum Gasteiger partial charge on any atom is -0.490 e. The second-order valence-corrected chi connectivity index (χ2v) is 5.04. The summed E-state index contributed by atoms with van der Waals surface area (Å²) >= 11 is 0. The Hall–Kier alpha value is -2.40. The molecule has 5 nitrogen and oxygen atoms in total. The van der Waals surface area contributed by atoms with E-state index in [1.165, 1.54) is 0 Å². The van der Waals surface area contributed by atoms with Crippen LogP contribution in [0.3, 0.4) is 0 Å². The van der Waals surface area contributed by atoms with Crippen LogP contribution < -0.4 is 9.42 Å². The number of fused-ring (bicyclic) bond motifs is 1. The van der Waals surface area contributed by atoms with E-state index < -0.39 is 6.10 Å². The molecule has 21 heavy (non-hydrogen) atoms. The molecule has 2 N–H and O–H groups in total. The maximum Gasteiger partial charge on any atom is 0.248 e. The number of benzene rings is 2. The molecule has 0 aliphatic carbocycles. The van der Waals surface area contributed by atoms with Crippen molar-refractivity contribution in [2.45, 2.75) is 19.6 Å². The number of aromatic amines is 1. The molecule has 3 rings (SSSR count). The zero-order chi connectivity index (χ0) is 14.7. The third-order valence-corrected chi connectivity index (χ3v) is 3.38. The molecule has 1 unspecified atom stereocenters. The lowest BCUT2D eigenvalue weighted by molar-refractivity contribution is -0.736. The van der Waals surface area contributed by atoms with Gasteiger partial charge >= 0.3 is 0 Å². The van der Waals surface area contributed by atoms with E-state index in [4.69, 9.17) is 4.74 Å². The first-order valence-corrected chi connectivity index (χ1v) is 6.93. The molecule has 3 aromatic rings.